The van der Waals surface area contributed by atoms with E-state index < -0.39 is 19.1 Å². The van der Waals surface area contributed by atoms with Crippen molar-refractivity contribution >= 4 is 22.9 Å². The molecule has 0 radical (unpaired) electrons. The van der Waals surface area contributed by atoms with Crippen LogP contribution in [-0.4, -0.2) is 54.0 Å². The summed E-state index contributed by atoms with van der Waals surface area (Å²) in [5.74, 6) is 1.92. The molecule has 258 valence electrons. The van der Waals surface area contributed by atoms with Crippen molar-refractivity contribution in [3.63, 3.8) is 0 Å². The Labute approximate surface area is 332 Å². The Balaban J connectivity index is 0.000000890. The van der Waals surface area contributed by atoms with Crippen molar-refractivity contribution < 1.29 is 69.4 Å². The maximum absolute atomic E-state index is 15.4. The smallest absolute Gasteiger partial charge is 0.425 e. The standard InChI is InChI=1S/C33H33FN9O.C2H6.CHF2.K/c1-3-29(44)36-15-12-19(2)38-30-23-9-8-22(17-21(23)18-25(30)34)43-32(24-5-4-14-37-31(24)35)39-27-10-11-28(40-33(27)43)42-16-13-26(41-42)20-6-7-20;1-2;2-1-3;/h3-5,8-11,13-14,16-17,19-20,25,30,38H,1-2,6-7,12,15,18H2,(H2,35,37)(H,36,44);1-2H3;1H;/q-1;;-1;+1. The van der Waals surface area contributed by atoms with Gasteiger partial charge in [0.1, 0.15) is 17.5 Å². The third-order valence-electron chi connectivity index (χ3n) is 8.30. The zero-order chi connectivity index (χ0) is 35.1. The van der Waals surface area contributed by atoms with Crippen molar-refractivity contribution in [2.45, 2.75) is 63.7 Å². The molecule has 2 aliphatic carbocycles. The van der Waals surface area contributed by atoms with E-state index in [-0.39, 0.29) is 69.8 Å². The first-order chi connectivity index (χ1) is 23.8. The van der Waals surface area contributed by atoms with Gasteiger partial charge in [-0.25, -0.2) is 24.0 Å². The van der Waals surface area contributed by atoms with Crippen LogP contribution in [0.5, 0.6) is 0 Å². The summed E-state index contributed by atoms with van der Waals surface area (Å²) in [6, 6.07) is 14.7. The van der Waals surface area contributed by atoms with Crippen molar-refractivity contribution in [3.8, 4) is 22.9 Å². The minimum Gasteiger partial charge on any atom is -0.425 e. The molecule has 50 heavy (non-hydrogen) atoms. The van der Waals surface area contributed by atoms with Gasteiger partial charge in [-0.2, -0.15) is 5.10 Å². The van der Waals surface area contributed by atoms with E-state index >= 15 is 4.39 Å². The number of nitrogen functional groups attached to an aromatic ring is 1. The number of hydrogen-bond acceptors (Lipinski definition) is 7. The Morgan fingerprint density at radius 1 is 1.18 bits per heavy atom. The van der Waals surface area contributed by atoms with Crippen LogP contribution in [0.15, 0.2) is 73.6 Å². The van der Waals surface area contributed by atoms with Gasteiger partial charge < -0.3 is 32.1 Å². The SMILES string of the molecule is C=CC(=O)NCCC([CH2-])NC1c2ccc(-n3c(-c4cccnc4N)nc4ccc(-n5ccc(C6CC6)n5)nc43)cc2CC1F.CC.F[CH-]F.[K+]. The Morgan fingerprint density at radius 2 is 1.94 bits per heavy atom. The van der Waals surface area contributed by atoms with Crippen molar-refractivity contribution in [3.05, 3.63) is 104 Å². The Kier molecular flexibility index (Phi) is 14.3. The Bertz CT molecular complexity index is 1910. The monoisotopic (exact) mass is 710 g/mol. The van der Waals surface area contributed by atoms with E-state index in [9.17, 15) is 13.6 Å². The Morgan fingerprint density at radius 3 is 2.64 bits per heavy atom. The number of halogens is 3. The average molecular weight is 711 g/mol. The van der Waals surface area contributed by atoms with Gasteiger partial charge in [0, 0.05) is 37.0 Å². The number of anilines is 1. The third kappa shape index (κ3) is 8.90. The number of aromatic nitrogens is 6. The zero-order valence-corrected chi connectivity index (χ0v) is 31.6. The molecule has 7 rings (SSSR count). The minimum atomic E-state index is -1.12. The number of carbonyl (C=O) groups is 1. The van der Waals surface area contributed by atoms with Gasteiger partial charge in [0.25, 0.3) is 0 Å². The van der Waals surface area contributed by atoms with Crippen molar-refractivity contribution in [1.82, 2.24) is 39.9 Å². The normalized spacial score (nSPS) is 16.6. The number of carbonyl (C=O) groups excluding carboxylic acids is 1. The van der Waals surface area contributed by atoms with E-state index in [0.29, 0.717) is 53.1 Å². The van der Waals surface area contributed by atoms with Gasteiger partial charge in [-0.05, 0) is 85.9 Å². The van der Waals surface area contributed by atoms with Crippen LogP contribution in [-0.2, 0) is 11.2 Å². The van der Waals surface area contributed by atoms with Crippen LogP contribution in [0.4, 0.5) is 19.0 Å². The molecule has 1 amide bonds. The number of fused-ring (bicyclic) bond motifs is 2. The van der Waals surface area contributed by atoms with E-state index in [2.05, 4.69) is 35.2 Å². The number of hydrogen-bond donors (Lipinski definition) is 3. The van der Waals surface area contributed by atoms with E-state index in [1.54, 1.807) is 10.9 Å². The van der Waals surface area contributed by atoms with Crippen molar-refractivity contribution in [2.24, 2.45) is 0 Å². The summed E-state index contributed by atoms with van der Waals surface area (Å²) in [5, 5.41) is 10.8. The fourth-order valence-corrected chi connectivity index (χ4v) is 5.88. The number of nitrogens with one attached hydrogen (secondary N) is 2. The summed E-state index contributed by atoms with van der Waals surface area (Å²) in [5.41, 5.74) is 12.0. The first-order valence-electron chi connectivity index (χ1n) is 16.3. The molecule has 10 nitrogen and oxygen atoms in total. The summed E-state index contributed by atoms with van der Waals surface area (Å²) in [4.78, 5) is 25.7. The van der Waals surface area contributed by atoms with E-state index in [4.69, 9.17) is 20.8 Å². The number of benzene rings is 1. The predicted octanol–water partition coefficient (Wildman–Crippen LogP) is 3.62. The quantitative estimate of drug-likeness (QED) is 0.115. The molecular weight excluding hydrogens is 671 g/mol. The summed E-state index contributed by atoms with van der Waals surface area (Å²) < 4.78 is 38.2. The number of nitrogens with two attached hydrogens (primary N) is 1. The molecule has 14 heteroatoms. The van der Waals surface area contributed by atoms with Gasteiger partial charge in [0.05, 0.1) is 17.3 Å². The van der Waals surface area contributed by atoms with Crippen LogP contribution in [0.25, 0.3) is 34.1 Å². The molecule has 5 aromatic rings. The summed E-state index contributed by atoms with van der Waals surface area (Å²) in [6.45, 7) is 11.0. The number of amides is 1. The van der Waals surface area contributed by atoms with Crippen LogP contribution in [0.3, 0.4) is 0 Å². The molecule has 0 bridgehead atoms. The second kappa shape index (κ2) is 18.2. The van der Waals surface area contributed by atoms with Gasteiger partial charge in [0.15, 0.2) is 17.3 Å². The second-order valence-corrected chi connectivity index (χ2v) is 11.5. The molecule has 3 atom stereocenters. The molecule has 1 aromatic carbocycles. The van der Waals surface area contributed by atoms with Crippen molar-refractivity contribution in [2.75, 3.05) is 12.3 Å². The summed E-state index contributed by atoms with van der Waals surface area (Å²) >= 11 is 0. The van der Waals surface area contributed by atoms with Crippen LogP contribution >= 0.6 is 0 Å². The molecule has 3 unspecified atom stereocenters. The fourth-order valence-electron chi connectivity index (χ4n) is 5.88. The number of rotatable bonds is 10. The molecule has 0 saturated heterocycles. The maximum Gasteiger partial charge on any atom is 1.00 e. The molecule has 4 N–H and O–H groups in total. The largest absolute Gasteiger partial charge is 1.00 e. The fraction of sp³-hybridized carbons (Fsp3) is 0.306. The number of pyridine rings is 2. The molecule has 1 fully saturated rings. The molecule has 4 aromatic heterocycles. The van der Waals surface area contributed by atoms with Crippen LogP contribution in [0, 0.1) is 13.9 Å². The number of imidazole rings is 1. The van der Waals surface area contributed by atoms with Gasteiger partial charge in [-0.15, -0.1) is 6.04 Å². The third-order valence-corrected chi connectivity index (χ3v) is 8.30. The molecule has 0 spiro atoms. The van der Waals surface area contributed by atoms with Crippen molar-refractivity contribution in [1.29, 1.82) is 0 Å². The van der Waals surface area contributed by atoms with E-state index in [1.807, 2.05) is 67.1 Å². The number of alkyl halides is 1. The second-order valence-electron chi connectivity index (χ2n) is 11.5. The van der Waals surface area contributed by atoms with Crippen LogP contribution in [0.1, 0.15) is 61.9 Å². The molecule has 0 aliphatic heterocycles. The molecular formula is C36H40F3KN9O-. The first kappa shape index (κ1) is 39.4. The van der Waals surface area contributed by atoms with Gasteiger partial charge >= 0.3 is 51.4 Å². The van der Waals surface area contributed by atoms with E-state index in [1.165, 1.54) is 18.9 Å². The maximum atomic E-state index is 15.4. The topological polar surface area (TPSA) is 129 Å². The van der Waals surface area contributed by atoms with Crippen LogP contribution < -0.4 is 67.8 Å². The van der Waals surface area contributed by atoms with Crippen LogP contribution in [0.2, 0.25) is 0 Å². The molecule has 2 aliphatic rings. The predicted molar refractivity (Wildman–Crippen MR) is 185 cm³/mol. The number of nitrogens with zero attached hydrogens (tertiary/aromatic N) is 6. The zero-order valence-electron chi connectivity index (χ0n) is 28.5. The first-order valence-corrected chi connectivity index (χ1v) is 16.3. The Hall–Kier alpha value is -3.40. The molecule has 4 heterocycles. The average Bonchev–Trinajstić information content (AvgIpc) is 3.58. The van der Waals surface area contributed by atoms with Gasteiger partial charge in [-0.3, -0.25) is 9.36 Å². The van der Waals surface area contributed by atoms with Gasteiger partial charge in [0.2, 0.25) is 5.91 Å². The van der Waals surface area contributed by atoms with E-state index in [0.717, 1.165) is 22.5 Å². The summed E-state index contributed by atoms with van der Waals surface area (Å²) in [6.07, 6.45) is 6.84. The van der Waals surface area contributed by atoms with Gasteiger partial charge in [-0.1, -0.05) is 26.5 Å². The summed E-state index contributed by atoms with van der Waals surface area (Å²) in [7, 11) is 0. The molecule has 1 saturated carbocycles. The minimum absolute atomic E-state index is 0.